The second kappa shape index (κ2) is 5.68. The van der Waals surface area contributed by atoms with Crippen LogP contribution in [0.5, 0.6) is 0 Å². The minimum Gasteiger partial charge on any atom is -0.377 e. The molecule has 0 aromatic carbocycles. The Labute approximate surface area is 106 Å². The maximum atomic E-state index is 5.79. The third kappa shape index (κ3) is 3.67. The number of piperazine rings is 1. The van der Waals surface area contributed by atoms with Gasteiger partial charge in [-0.2, -0.15) is 0 Å². The van der Waals surface area contributed by atoms with Gasteiger partial charge in [-0.1, -0.05) is 13.3 Å². The average Bonchev–Trinajstić information content (AvgIpc) is 2.74. The summed E-state index contributed by atoms with van der Waals surface area (Å²) in [5.41, 5.74) is 0.253. The third-order valence-electron chi connectivity index (χ3n) is 4.02. The quantitative estimate of drug-likeness (QED) is 0.813. The predicted octanol–water partition coefficient (Wildman–Crippen LogP) is 2.02. The van der Waals surface area contributed by atoms with E-state index >= 15 is 0 Å². The van der Waals surface area contributed by atoms with Gasteiger partial charge in [-0.25, -0.2) is 0 Å². The summed E-state index contributed by atoms with van der Waals surface area (Å²) in [7, 11) is 0. The molecule has 0 saturated carbocycles. The number of ether oxygens (including phenoxy) is 1. The maximum Gasteiger partial charge on any atom is 0.0702 e. The lowest BCUT2D eigenvalue weighted by molar-refractivity contribution is 0.0240. The molecule has 3 nitrogen and oxygen atoms in total. The van der Waals surface area contributed by atoms with Gasteiger partial charge in [0.05, 0.1) is 6.10 Å². The van der Waals surface area contributed by atoms with Gasteiger partial charge in [-0.05, 0) is 33.1 Å². The highest BCUT2D eigenvalue weighted by Gasteiger charge is 2.33. The topological polar surface area (TPSA) is 24.5 Å². The molecule has 2 saturated heterocycles. The smallest absolute Gasteiger partial charge is 0.0702 e. The average molecular weight is 240 g/mol. The van der Waals surface area contributed by atoms with Crippen LogP contribution in [0.4, 0.5) is 0 Å². The van der Waals surface area contributed by atoms with Crippen LogP contribution in [0.1, 0.15) is 46.5 Å². The summed E-state index contributed by atoms with van der Waals surface area (Å²) >= 11 is 0. The second-order valence-electron chi connectivity index (χ2n) is 6.27. The first-order valence-corrected chi connectivity index (χ1v) is 7.21. The fourth-order valence-corrected chi connectivity index (χ4v) is 3.10. The van der Waals surface area contributed by atoms with E-state index in [9.17, 15) is 0 Å². The van der Waals surface area contributed by atoms with E-state index in [2.05, 4.69) is 31.0 Å². The Morgan fingerprint density at radius 3 is 2.88 bits per heavy atom. The summed E-state index contributed by atoms with van der Waals surface area (Å²) in [4.78, 5) is 2.66. The van der Waals surface area contributed by atoms with Crippen molar-refractivity contribution in [2.45, 2.75) is 64.1 Å². The highest BCUT2D eigenvalue weighted by Crippen LogP contribution is 2.21. The molecule has 0 radical (unpaired) electrons. The Morgan fingerprint density at radius 2 is 2.24 bits per heavy atom. The Bertz CT molecular complexity index is 236. The van der Waals surface area contributed by atoms with E-state index in [0.717, 1.165) is 26.2 Å². The molecule has 2 atom stereocenters. The number of nitrogens with one attached hydrogen (secondary N) is 1. The highest BCUT2D eigenvalue weighted by molar-refractivity contribution is 4.93. The molecule has 2 fully saturated rings. The van der Waals surface area contributed by atoms with Crippen LogP contribution in [0, 0.1) is 0 Å². The molecule has 2 heterocycles. The van der Waals surface area contributed by atoms with Crippen LogP contribution in [-0.4, -0.2) is 48.8 Å². The molecule has 0 aliphatic carbocycles. The fraction of sp³-hybridized carbons (Fsp3) is 1.00. The van der Waals surface area contributed by atoms with Crippen molar-refractivity contribution in [3.05, 3.63) is 0 Å². The van der Waals surface area contributed by atoms with Crippen LogP contribution < -0.4 is 5.32 Å². The zero-order valence-electron chi connectivity index (χ0n) is 11.7. The van der Waals surface area contributed by atoms with Gasteiger partial charge in [0.15, 0.2) is 0 Å². The molecule has 0 amide bonds. The van der Waals surface area contributed by atoms with E-state index in [1.165, 1.54) is 25.7 Å². The summed E-state index contributed by atoms with van der Waals surface area (Å²) in [5, 5.41) is 3.67. The standard InChI is InChI=1S/C14H28N2O/c1-4-6-12-9-15-14(2,3)11-16(12)10-13-7-5-8-17-13/h12-13,15H,4-11H2,1-3H3. The Hall–Kier alpha value is -0.120. The minimum atomic E-state index is 0.253. The Balaban J connectivity index is 1.92. The number of rotatable bonds is 4. The van der Waals surface area contributed by atoms with Crippen molar-refractivity contribution in [1.29, 1.82) is 0 Å². The van der Waals surface area contributed by atoms with Gasteiger partial charge in [0.1, 0.15) is 0 Å². The van der Waals surface area contributed by atoms with Gasteiger partial charge in [0.2, 0.25) is 0 Å². The molecule has 0 aromatic rings. The van der Waals surface area contributed by atoms with Crippen LogP contribution in [0.2, 0.25) is 0 Å². The summed E-state index contributed by atoms with van der Waals surface area (Å²) in [6.07, 6.45) is 5.56. The lowest BCUT2D eigenvalue weighted by atomic mass is 9.96. The monoisotopic (exact) mass is 240 g/mol. The fourth-order valence-electron chi connectivity index (χ4n) is 3.10. The van der Waals surface area contributed by atoms with Crippen molar-refractivity contribution in [2.24, 2.45) is 0 Å². The van der Waals surface area contributed by atoms with E-state index < -0.39 is 0 Å². The van der Waals surface area contributed by atoms with Crippen LogP contribution in [0.25, 0.3) is 0 Å². The summed E-state index contributed by atoms with van der Waals surface area (Å²) in [6, 6.07) is 0.706. The van der Waals surface area contributed by atoms with Gasteiger partial charge in [-0.3, -0.25) is 4.90 Å². The first-order chi connectivity index (χ1) is 8.11. The van der Waals surface area contributed by atoms with Crippen molar-refractivity contribution in [2.75, 3.05) is 26.2 Å². The van der Waals surface area contributed by atoms with E-state index in [-0.39, 0.29) is 5.54 Å². The summed E-state index contributed by atoms with van der Waals surface area (Å²) in [6.45, 7) is 11.3. The molecule has 2 aliphatic rings. The van der Waals surface area contributed by atoms with Crippen molar-refractivity contribution in [3.63, 3.8) is 0 Å². The van der Waals surface area contributed by atoms with Crippen molar-refractivity contribution in [3.8, 4) is 0 Å². The minimum absolute atomic E-state index is 0.253. The van der Waals surface area contributed by atoms with Crippen LogP contribution in [0.15, 0.2) is 0 Å². The normalized spacial score (nSPS) is 34.1. The Kier molecular flexibility index (Phi) is 4.45. The third-order valence-corrected chi connectivity index (χ3v) is 4.02. The van der Waals surface area contributed by atoms with E-state index in [1.54, 1.807) is 0 Å². The second-order valence-corrected chi connectivity index (χ2v) is 6.27. The first kappa shape index (κ1) is 13.3. The number of hydrogen-bond donors (Lipinski definition) is 1. The van der Waals surface area contributed by atoms with E-state index in [0.29, 0.717) is 12.1 Å². The molecule has 1 N–H and O–H groups in total. The van der Waals surface area contributed by atoms with Crippen molar-refractivity contribution < 1.29 is 4.74 Å². The van der Waals surface area contributed by atoms with Crippen LogP contribution in [0.3, 0.4) is 0 Å². The molecular weight excluding hydrogens is 212 g/mol. The summed E-state index contributed by atoms with van der Waals surface area (Å²) in [5.74, 6) is 0. The largest absolute Gasteiger partial charge is 0.377 e. The molecule has 0 aromatic heterocycles. The molecular formula is C14H28N2O. The molecule has 100 valence electrons. The SMILES string of the molecule is CCCC1CNC(C)(C)CN1CC1CCCO1. The van der Waals surface area contributed by atoms with Gasteiger partial charge in [0.25, 0.3) is 0 Å². The first-order valence-electron chi connectivity index (χ1n) is 7.21. The maximum absolute atomic E-state index is 5.79. The van der Waals surface area contributed by atoms with E-state index in [1.807, 2.05) is 0 Å². The highest BCUT2D eigenvalue weighted by atomic mass is 16.5. The van der Waals surface area contributed by atoms with Gasteiger partial charge in [-0.15, -0.1) is 0 Å². The zero-order chi connectivity index (χ0) is 12.3. The van der Waals surface area contributed by atoms with Crippen LogP contribution in [-0.2, 0) is 4.74 Å². The molecule has 2 rings (SSSR count). The predicted molar refractivity (Wildman–Crippen MR) is 71.3 cm³/mol. The van der Waals surface area contributed by atoms with E-state index in [4.69, 9.17) is 4.74 Å². The van der Waals surface area contributed by atoms with Gasteiger partial charge in [0, 0.05) is 37.8 Å². The number of nitrogens with zero attached hydrogens (tertiary/aromatic N) is 1. The van der Waals surface area contributed by atoms with Gasteiger partial charge < -0.3 is 10.1 Å². The zero-order valence-corrected chi connectivity index (χ0v) is 11.7. The lowest BCUT2D eigenvalue weighted by Crippen LogP contribution is -2.62. The number of hydrogen-bond acceptors (Lipinski definition) is 3. The molecule has 3 heteroatoms. The lowest BCUT2D eigenvalue weighted by Gasteiger charge is -2.45. The van der Waals surface area contributed by atoms with Crippen molar-refractivity contribution in [1.82, 2.24) is 10.2 Å². The Morgan fingerprint density at radius 1 is 1.41 bits per heavy atom. The summed E-state index contributed by atoms with van der Waals surface area (Å²) < 4.78 is 5.79. The van der Waals surface area contributed by atoms with Gasteiger partial charge >= 0.3 is 0 Å². The molecule has 0 spiro atoms. The van der Waals surface area contributed by atoms with Crippen LogP contribution >= 0.6 is 0 Å². The molecule has 0 bridgehead atoms. The molecule has 2 aliphatic heterocycles. The van der Waals surface area contributed by atoms with Crippen molar-refractivity contribution >= 4 is 0 Å². The molecule has 2 unspecified atom stereocenters. The molecule has 17 heavy (non-hydrogen) atoms.